The zero-order valence-corrected chi connectivity index (χ0v) is 21.7. The molecule has 0 amide bonds. The van der Waals surface area contributed by atoms with E-state index in [9.17, 15) is 13.0 Å². The molecule has 0 aliphatic rings. The third-order valence-electron chi connectivity index (χ3n) is 6.19. The van der Waals surface area contributed by atoms with Crippen molar-refractivity contribution in [2.24, 2.45) is 0 Å². The summed E-state index contributed by atoms with van der Waals surface area (Å²) in [6.45, 7) is 6.20. The van der Waals surface area contributed by atoms with Gasteiger partial charge in [0.1, 0.15) is 5.75 Å². The number of hydrogen-bond donors (Lipinski definition) is 1. The fraction of sp³-hybridized carbons (Fsp3) is 0.778. The van der Waals surface area contributed by atoms with Gasteiger partial charge in [-0.1, -0.05) is 116 Å². The lowest BCUT2D eigenvalue weighted by Crippen LogP contribution is -2.27. The van der Waals surface area contributed by atoms with Crippen molar-refractivity contribution < 1.29 is 17.7 Å². The molecule has 0 aromatic heterocycles. The second-order valence-electron chi connectivity index (χ2n) is 9.12. The van der Waals surface area contributed by atoms with E-state index in [-0.39, 0.29) is 6.42 Å². The van der Waals surface area contributed by atoms with Gasteiger partial charge in [0, 0.05) is 0 Å². The van der Waals surface area contributed by atoms with Crippen molar-refractivity contribution in [3.63, 3.8) is 0 Å². The molecule has 1 atom stereocenters. The van der Waals surface area contributed by atoms with Crippen LogP contribution >= 0.6 is 0 Å². The van der Waals surface area contributed by atoms with Crippen LogP contribution in [-0.2, 0) is 23.0 Å². The lowest BCUT2D eigenvalue weighted by Gasteiger charge is -2.21. The summed E-state index contributed by atoms with van der Waals surface area (Å²) >= 11 is 0. The summed E-state index contributed by atoms with van der Waals surface area (Å²) in [5.74, 6) is 0.689. The van der Waals surface area contributed by atoms with Crippen molar-refractivity contribution in [2.75, 3.05) is 0 Å². The van der Waals surface area contributed by atoms with Crippen molar-refractivity contribution in [3.05, 3.63) is 29.3 Å². The molecule has 0 spiro atoms. The van der Waals surface area contributed by atoms with Gasteiger partial charge in [0.25, 0.3) is 0 Å². The van der Waals surface area contributed by atoms with Gasteiger partial charge in [0.05, 0.1) is 0 Å². The Bertz CT molecular complexity index is 663. The molecule has 0 radical (unpaired) electrons. The van der Waals surface area contributed by atoms with Crippen LogP contribution in [0.4, 0.5) is 0 Å². The molecular formula is C27H48O4S. The number of rotatable bonds is 20. The van der Waals surface area contributed by atoms with E-state index in [1.807, 2.05) is 0 Å². The molecule has 0 heterocycles. The molecule has 0 saturated heterocycles. The highest BCUT2D eigenvalue weighted by atomic mass is 32.2. The summed E-state index contributed by atoms with van der Waals surface area (Å²) in [6, 6.07) is 6.17. The summed E-state index contributed by atoms with van der Waals surface area (Å²) in [7, 11) is -4.24. The van der Waals surface area contributed by atoms with Gasteiger partial charge < -0.3 is 4.74 Å². The lowest BCUT2D eigenvalue weighted by molar-refractivity contribution is 0.248. The maximum Gasteiger partial charge on any atom is 0.303 e. The molecule has 0 fully saturated rings. The minimum Gasteiger partial charge on any atom is -0.471 e. The monoisotopic (exact) mass is 468 g/mol. The molecule has 4 nitrogen and oxygen atoms in total. The van der Waals surface area contributed by atoms with Crippen LogP contribution in [0.5, 0.6) is 5.75 Å². The second kappa shape index (κ2) is 17.4. The van der Waals surface area contributed by atoms with Crippen LogP contribution < -0.4 is 4.74 Å². The molecule has 32 heavy (non-hydrogen) atoms. The molecule has 5 heteroatoms. The quantitative estimate of drug-likeness (QED) is 0.154. The Kier molecular flexibility index (Phi) is 15.8. The maximum atomic E-state index is 11.8. The molecule has 0 bridgehead atoms. The second-order valence-corrected chi connectivity index (χ2v) is 10.7. The van der Waals surface area contributed by atoms with Crippen LogP contribution in [0.3, 0.4) is 0 Å². The zero-order chi connectivity index (χ0) is 23.7. The predicted molar refractivity (Wildman–Crippen MR) is 136 cm³/mol. The standard InChI is InChI=1S/C27H48O4S/c1-4-7-9-11-13-15-17-20-24-22-19-23-25(21-18-16-14-12-10-8-5-2)27(24)31-26(6-3)32(28,29)30/h19,22-23,26H,4-18,20-21H2,1-3H3,(H,28,29,30). The summed E-state index contributed by atoms with van der Waals surface area (Å²) in [5, 5.41) is 0. The first-order chi connectivity index (χ1) is 15.4. The van der Waals surface area contributed by atoms with Crippen molar-refractivity contribution in [3.8, 4) is 5.75 Å². The van der Waals surface area contributed by atoms with Gasteiger partial charge in [-0.05, 0) is 43.2 Å². The van der Waals surface area contributed by atoms with E-state index >= 15 is 0 Å². The maximum absolute atomic E-state index is 11.8. The van der Waals surface area contributed by atoms with Crippen LogP contribution in [0.1, 0.15) is 128 Å². The van der Waals surface area contributed by atoms with E-state index in [1.165, 1.54) is 77.0 Å². The van der Waals surface area contributed by atoms with Crippen molar-refractivity contribution >= 4 is 10.1 Å². The highest BCUT2D eigenvalue weighted by Crippen LogP contribution is 2.30. The fourth-order valence-electron chi connectivity index (χ4n) is 4.21. The van der Waals surface area contributed by atoms with Crippen LogP contribution in [0.2, 0.25) is 0 Å². The number of para-hydroxylation sites is 1. The topological polar surface area (TPSA) is 63.6 Å². The SMILES string of the molecule is CCCCCCCCCc1cccc(CCCCCCCCC)c1OC(CC)S(=O)(=O)O. The highest BCUT2D eigenvalue weighted by molar-refractivity contribution is 7.86. The Morgan fingerprint density at radius 2 is 1.12 bits per heavy atom. The van der Waals surface area contributed by atoms with Gasteiger partial charge in [-0.15, -0.1) is 0 Å². The van der Waals surface area contributed by atoms with E-state index in [4.69, 9.17) is 4.74 Å². The molecule has 0 aliphatic heterocycles. The Hall–Kier alpha value is -1.07. The molecule has 0 aliphatic carbocycles. The average Bonchev–Trinajstić information content (AvgIpc) is 2.76. The average molecular weight is 469 g/mol. The normalized spacial score (nSPS) is 12.8. The third kappa shape index (κ3) is 12.2. The predicted octanol–water partition coefficient (Wildman–Crippen LogP) is 8.28. The van der Waals surface area contributed by atoms with Crippen LogP contribution in [0.15, 0.2) is 18.2 Å². The minimum atomic E-state index is -4.24. The van der Waals surface area contributed by atoms with E-state index in [0.717, 1.165) is 36.8 Å². The number of ether oxygens (including phenoxy) is 1. The van der Waals surface area contributed by atoms with Gasteiger partial charge in [0.15, 0.2) is 0 Å². The van der Waals surface area contributed by atoms with Gasteiger partial charge in [-0.3, -0.25) is 4.55 Å². The first kappa shape index (κ1) is 29.0. The van der Waals surface area contributed by atoms with E-state index < -0.39 is 15.6 Å². The van der Waals surface area contributed by atoms with Crippen LogP contribution in [0.25, 0.3) is 0 Å². The molecule has 1 aromatic rings. The van der Waals surface area contributed by atoms with Crippen LogP contribution in [0, 0.1) is 0 Å². The zero-order valence-electron chi connectivity index (χ0n) is 20.9. The van der Waals surface area contributed by atoms with Gasteiger partial charge in [-0.2, -0.15) is 8.42 Å². The Morgan fingerprint density at radius 1 is 0.719 bits per heavy atom. The van der Waals surface area contributed by atoms with E-state index in [1.54, 1.807) is 6.92 Å². The Balaban J connectivity index is 2.76. The summed E-state index contributed by atoms with van der Waals surface area (Å²) in [6.07, 6.45) is 19.3. The van der Waals surface area contributed by atoms with Gasteiger partial charge >= 0.3 is 10.1 Å². The molecule has 1 rings (SSSR count). The molecular weight excluding hydrogens is 420 g/mol. The van der Waals surface area contributed by atoms with Gasteiger partial charge in [-0.25, -0.2) is 0 Å². The first-order valence-corrected chi connectivity index (χ1v) is 14.7. The smallest absolute Gasteiger partial charge is 0.303 e. The lowest BCUT2D eigenvalue weighted by atomic mass is 9.98. The Morgan fingerprint density at radius 3 is 1.50 bits per heavy atom. The Labute approximate surface area is 198 Å². The number of aryl methyl sites for hydroxylation is 2. The summed E-state index contributed by atoms with van der Waals surface area (Å²) in [4.78, 5) is 0. The van der Waals surface area contributed by atoms with Crippen LogP contribution in [-0.4, -0.2) is 18.4 Å². The minimum absolute atomic E-state index is 0.224. The van der Waals surface area contributed by atoms with E-state index in [0.29, 0.717) is 5.75 Å². The van der Waals surface area contributed by atoms with Crippen molar-refractivity contribution in [1.29, 1.82) is 0 Å². The van der Waals surface area contributed by atoms with E-state index in [2.05, 4.69) is 32.0 Å². The summed E-state index contributed by atoms with van der Waals surface area (Å²) < 4.78 is 39.2. The largest absolute Gasteiger partial charge is 0.471 e. The number of hydrogen-bond acceptors (Lipinski definition) is 3. The number of benzene rings is 1. The number of unbranched alkanes of at least 4 members (excludes halogenated alkanes) is 12. The molecule has 1 aromatic carbocycles. The van der Waals surface area contributed by atoms with Crippen molar-refractivity contribution in [2.45, 2.75) is 135 Å². The summed E-state index contributed by atoms with van der Waals surface area (Å²) in [5.41, 5.74) is 0.938. The first-order valence-electron chi connectivity index (χ1n) is 13.2. The highest BCUT2D eigenvalue weighted by Gasteiger charge is 2.25. The molecule has 1 unspecified atom stereocenters. The molecule has 186 valence electrons. The van der Waals surface area contributed by atoms with Crippen molar-refractivity contribution in [1.82, 2.24) is 0 Å². The fourth-order valence-corrected chi connectivity index (χ4v) is 4.85. The van der Waals surface area contributed by atoms with Gasteiger partial charge in [0.2, 0.25) is 5.44 Å². The third-order valence-corrected chi connectivity index (χ3v) is 7.29. The molecule has 1 N–H and O–H groups in total. The molecule has 0 saturated carbocycles.